The first-order chi connectivity index (χ1) is 59.8. The van der Waals surface area contributed by atoms with E-state index >= 15 is 0 Å². The van der Waals surface area contributed by atoms with Crippen LogP contribution in [0.1, 0.15) is 144 Å². The molecule has 2 saturated heterocycles. The molecule has 1 aliphatic carbocycles. The molecule has 7 heterocycles. The van der Waals surface area contributed by atoms with Crippen molar-refractivity contribution in [3.8, 4) is 11.3 Å². The zero-order valence-electron chi connectivity index (χ0n) is 72.8. The SMILES string of the molecule is CO[C@H]1C[C@@H]2CCC[C@@](O)(O2)C(=O)C(=O)N2CCCC[C@H]2C(=O)O[C@H]([C@H](N)C[C@@H]2CC[C@@H](OC(=O)NCCOCCOCCOCCOCCC(=O)NCCOCCOCCOCCOCCC(=O)NCCCCn3nc(-c4cnc5oc(N)nc5c4)c4c(N)ncnc43)[C@H](OC)C2)CC(=O)[C@H](C)/C=C(\C)[C@@H](O)[C@@H](O)C(=O)[C@H](C)C[C@H](C)/C=C/C=C/C=C/1C. The minimum absolute atomic E-state index is 0.00115. The lowest BCUT2D eigenvalue weighted by Gasteiger charge is -2.40. The van der Waals surface area contributed by atoms with Crippen LogP contribution in [0.5, 0.6) is 0 Å². The third-order valence-corrected chi connectivity index (χ3v) is 22.2. The number of nitrogen functional groups attached to an aromatic ring is 2. The number of Topliss-reactive ketones (excluding diaryl/α,β-unsaturated/α-hetero) is 3. The molecule has 0 spiro atoms. The number of pyridine rings is 1. The number of fused-ring (bicyclic) bond motifs is 5. The molecule has 2 bridgehead atoms. The molecule has 690 valence electrons. The molecule has 4 aromatic rings. The number of amides is 4. The Morgan fingerprint density at radius 1 is 0.685 bits per heavy atom. The van der Waals surface area contributed by atoms with E-state index in [4.69, 9.17) is 88.3 Å². The summed E-state index contributed by atoms with van der Waals surface area (Å²) in [6, 6.07) is -0.463. The van der Waals surface area contributed by atoms with Crippen molar-refractivity contribution in [2.24, 2.45) is 29.4 Å². The average Bonchev–Trinajstić information content (AvgIpc) is 1.57. The van der Waals surface area contributed by atoms with Crippen molar-refractivity contribution in [1.82, 2.24) is 50.6 Å². The third-order valence-electron chi connectivity index (χ3n) is 22.2. The predicted octanol–water partition coefficient (Wildman–Crippen LogP) is 4.84. The number of alkyl carbamates (subject to hydrolysis) is 1. The van der Waals surface area contributed by atoms with Gasteiger partial charge in [0, 0.05) is 109 Å². The molecule has 38 nitrogen and oxygen atoms in total. The number of carbonyl (C=O) groups is 8. The van der Waals surface area contributed by atoms with E-state index in [9.17, 15) is 53.7 Å². The normalized spacial score (nSPS) is 26.1. The fraction of sp³-hybridized carbons (Fsp3) is 0.686. The Morgan fingerprint density at radius 2 is 1.32 bits per heavy atom. The van der Waals surface area contributed by atoms with Crippen LogP contribution in [0.2, 0.25) is 0 Å². The molecule has 3 fully saturated rings. The molecule has 124 heavy (non-hydrogen) atoms. The van der Waals surface area contributed by atoms with Gasteiger partial charge in [0.1, 0.15) is 59.6 Å². The number of anilines is 2. The molecule has 14 atom stereocenters. The van der Waals surface area contributed by atoms with Crippen molar-refractivity contribution in [3.63, 3.8) is 0 Å². The van der Waals surface area contributed by atoms with Gasteiger partial charge in [0.05, 0.1) is 129 Å². The van der Waals surface area contributed by atoms with Gasteiger partial charge in [-0.1, -0.05) is 57.2 Å². The Labute approximate surface area is 723 Å². The number of aromatic nitrogens is 6. The predicted molar refractivity (Wildman–Crippen MR) is 453 cm³/mol. The number of methoxy groups -OCH3 is 2. The number of nitrogens with two attached hydrogens (primary N) is 3. The maximum absolute atomic E-state index is 14.6. The van der Waals surface area contributed by atoms with Crippen LogP contribution in [0, 0.1) is 23.7 Å². The number of esters is 1. The number of unbranched alkanes of at least 4 members (excludes halogenated alkanes) is 1. The molecule has 4 aromatic heterocycles. The summed E-state index contributed by atoms with van der Waals surface area (Å²) in [4.78, 5) is 127. The highest BCUT2D eigenvalue weighted by Crippen LogP contribution is 2.37. The molecule has 3 aliphatic heterocycles. The van der Waals surface area contributed by atoms with Gasteiger partial charge in [0.15, 0.2) is 11.4 Å². The van der Waals surface area contributed by atoms with Crippen LogP contribution in [0.25, 0.3) is 33.5 Å². The molecular formula is C86H131N13O25. The number of oxazole rings is 1. The standard InChI is InChI=1S/C86H131N13O25/c1-55-16-9-8-10-17-56(2)68(111-6)51-62-18-15-24-86(110,124-62)78(106)82(107)98-28-13-11-19-65(98)83(108)121-69(52-66(100)57(3)47-59(5)76(104)77(105)75(103)58(4)46-55)63(87)48-60-20-21-67(70(49-60)112-7)122-85(109)92-27-33-116-37-41-120-45-43-118-39-35-114-31-23-72(102)91-26-32-115-36-40-119-44-42-117-38-34-113-30-22-71(101)90-25-12-14-29-99-80-73(79(88)94-54-95-80)74(97-99)61-50-64-81(93-53-61)123-84(89)96-64/h8-10,16-17,47,50,53-55,57-58,60,62-63,65,67-70,76-77,104-105,110H,11-15,18-46,48-49,51-52,87H2,1-7H3,(H2,89,96)(H,90,101)(H,91,102)(H,92,109)(H2,88,94,95)/b10-8+,16-9+,56-17+,59-47+/t55-,57-,58-,60+,62+,63-,65+,67-,68+,69+,70-,76-,77+,86-/m1/s1. The van der Waals surface area contributed by atoms with E-state index < -0.39 is 114 Å². The van der Waals surface area contributed by atoms with Crippen LogP contribution in [0.15, 0.2) is 70.6 Å². The summed E-state index contributed by atoms with van der Waals surface area (Å²) in [6.45, 7) is 15.0. The summed E-state index contributed by atoms with van der Waals surface area (Å²) in [5.41, 5.74) is 22.5. The molecule has 1 saturated carbocycles. The Balaban J connectivity index is 0.626. The van der Waals surface area contributed by atoms with Gasteiger partial charge in [-0.3, -0.25) is 28.8 Å². The molecule has 0 radical (unpaired) electrons. The molecule has 12 N–H and O–H groups in total. The summed E-state index contributed by atoms with van der Waals surface area (Å²) in [5.74, 6) is -8.51. The lowest BCUT2D eigenvalue weighted by Crippen LogP contribution is -2.58. The number of carbonyl (C=O) groups excluding carboxylic acids is 8. The largest absolute Gasteiger partial charge is 0.459 e. The van der Waals surface area contributed by atoms with Crippen LogP contribution < -0.4 is 33.2 Å². The van der Waals surface area contributed by atoms with Crippen molar-refractivity contribution in [2.75, 3.05) is 158 Å². The van der Waals surface area contributed by atoms with Crippen LogP contribution in [0.4, 0.5) is 16.6 Å². The second-order valence-electron chi connectivity index (χ2n) is 31.8. The van der Waals surface area contributed by atoms with Crippen LogP contribution >= 0.6 is 0 Å². The maximum atomic E-state index is 14.6. The zero-order valence-corrected chi connectivity index (χ0v) is 72.8. The number of allylic oxidation sites excluding steroid dienone is 6. The molecule has 4 aliphatic rings. The number of ketones is 3. The fourth-order valence-corrected chi connectivity index (χ4v) is 15.3. The monoisotopic (exact) mass is 1750 g/mol. The molecule has 38 heteroatoms. The zero-order chi connectivity index (χ0) is 89.3. The Morgan fingerprint density at radius 3 is 1.98 bits per heavy atom. The van der Waals surface area contributed by atoms with Crippen molar-refractivity contribution >= 4 is 81.2 Å². The number of aliphatic hydroxyl groups excluding tert-OH is 2. The second-order valence-corrected chi connectivity index (χ2v) is 31.8. The van der Waals surface area contributed by atoms with Crippen molar-refractivity contribution in [3.05, 3.63) is 66.2 Å². The number of rotatable bonds is 42. The highest BCUT2D eigenvalue weighted by molar-refractivity contribution is 6.39. The van der Waals surface area contributed by atoms with E-state index in [1.807, 2.05) is 44.2 Å². The van der Waals surface area contributed by atoms with Crippen molar-refractivity contribution < 1.29 is 120 Å². The number of nitrogens with zero attached hydrogens (tertiary/aromatic N) is 7. The lowest BCUT2D eigenvalue weighted by atomic mass is 9.80. The van der Waals surface area contributed by atoms with E-state index in [-0.39, 0.29) is 126 Å². The number of nitrogens with one attached hydrogen (secondary N) is 3. The van der Waals surface area contributed by atoms with Gasteiger partial charge in [-0.15, -0.1) is 0 Å². The summed E-state index contributed by atoms with van der Waals surface area (Å²) in [5, 5.41) is 48.0. The van der Waals surface area contributed by atoms with Gasteiger partial charge in [-0.2, -0.15) is 10.1 Å². The minimum atomic E-state index is -2.47. The van der Waals surface area contributed by atoms with Crippen molar-refractivity contribution in [2.45, 2.75) is 211 Å². The molecule has 0 aromatic carbocycles. The number of hydrogen-bond acceptors (Lipinski definition) is 33. The topological polar surface area (TPSA) is 517 Å². The average molecular weight is 1750 g/mol. The quantitative estimate of drug-likeness (QED) is 0.0124. The van der Waals surface area contributed by atoms with Gasteiger partial charge in [-0.05, 0) is 120 Å². The summed E-state index contributed by atoms with van der Waals surface area (Å²) in [6.07, 6.45) is 11.4. The van der Waals surface area contributed by atoms with E-state index in [0.717, 1.165) is 10.5 Å². The summed E-state index contributed by atoms with van der Waals surface area (Å²) < 4.78 is 81.3. The van der Waals surface area contributed by atoms with Crippen LogP contribution in [0.3, 0.4) is 0 Å². The second kappa shape index (κ2) is 53.7. The molecular weight excluding hydrogens is 1620 g/mol. The fourth-order valence-electron chi connectivity index (χ4n) is 15.3. The number of aryl methyl sites for hydroxylation is 1. The van der Waals surface area contributed by atoms with Crippen molar-refractivity contribution in [1.29, 1.82) is 0 Å². The Hall–Kier alpha value is -8.71. The first kappa shape index (κ1) is 101. The Bertz CT molecular complexity index is 4140. The van der Waals surface area contributed by atoms with E-state index in [0.29, 0.717) is 190 Å². The minimum Gasteiger partial charge on any atom is -0.459 e. The molecule has 8 rings (SSSR count). The maximum Gasteiger partial charge on any atom is 0.407 e. The van der Waals surface area contributed by atoms with Gasteiger partial charge in [0.2, 0.25) is 23.3 Å². The van der Waals surface area contributed by atoms with Gasteiger partial charge in [-0.25, -0.2) is 29.2 Å². The van der Waals surface area contributed by atoms with Gasteiger partial charge < -0.3 is 119 Å². The first-order valence-corrected chi connectivity index (χ1v) is 43.3. The molecule has 4 amide bonds. The van der Waals surface area contributed by atoms with Gasteiger partial charge in [0.25, 0.3) is 17.7 Å². The van der Waals surface area contributed by atoms with Crippen LogP contribution in [-0.2, 0) is 102 Å². The number of hydrogen-bond donors (Lipinski definition) is 9. The number of ether oxygens (including phenoxy) is 13. The van der Waals surface area contributed by atoms with Gasteiger partial charge >= 0.3 is 12.1 Å². The summed E-state index contributed by atoms with van der Waals surface area (Å²) in [7, 11) is 3.05. The van der Waals surface area contributed by atoms with E-state index in [1.165, 1.54) is 26.4 Å². The van der Waals surface area contributed by atoms with E-state index in [2.05, 4.69) is 35.9 Å². The smallest absolute Gasteiger partial charge is 0.407 e. The summed E-state index contributed by atoms with van der Waals surface area (Å²) >= 11 is 0. The van der Waals surface area contributed by atoms with E-state index in [1.54, 1.807) is 37.9 Å². The number of piperidine rings is 1. The van der Waals surface area contributed by atoms with Crippen LogP contribution in [-0.4, -0.2) is 304 Å². The number of cyclic esters (lactones) is 1. The first-order valence-electron chi connectivity index (χ1n) is 43.3. The highest BCUT2D eigenvalue weighted by atomic mass is 16.6. The third kappa shape index (κ3) is 32.9. The number of aliphatic hydroxyl groups is 3. The Kier molecular flexibility index (Phi) is 43.6. The highest BCUT2D eigenvalue weighted by Gasteiger charge is 2.50. The lowest BCUT2D eigenvalue weighted by molar-refractivity contribution is -0.245. The molecule has 0 unspecified atom stereocenters.